The average Bonchev–Trinajstić information content (AvgIpc) is 2.36. The molecule has 0 spiro atoms. The molecule has 1 aromatic rings. The first-order valence-corrected chi connectivity index (χ1v) is 8.03. The van der Waals surface area contributed by atoms with Crippen LogP contribution in [0.15, 0.2) is 24.3 Å². The molecule has 0 radical (unpaired) electrons. The predicted molar refractivity (Wildman–Crippen MR) is 74.8 cm³/mol. The van der Waals surface area contributed by atoms with Crippen molar-refractivity contribution in [1.29, 1.82) is 0 Å². The second-order valence-corrected chi connectivity index (χ2v) is 6.98. The summed E-state index contributed by atoms with van der Waals surface area (Å²) < 4.78 is 22.8. The molecule has 0 aliphatic rings. The molecule has 0 fully saturated rings. The van der Waals surface area contributed by atoms with Crippen LogP contribution in [0.2, 0.25) is 0 Å². The van der Waals surface area contributed by atoms with E-state index in [1.54, 1.807) is 6.92 Å². The van der Waals surface area contributed by atoms with Crippen LogP contribution >= 0.6 is 0 Å². The van der Waals surface area contributed by atoms with Gasteiger partial charge in [-0.15, -0.1) is 0 Å². The van der Waals surface area contributed by atoms with Gasteiger partial charge in [0.25, 0.3) is 0 Å². The lowest BCUT2D eigenvalue weighted by Crippen LogP contribution is -2.28. The first-order chi connectivity index (χ1) is 8.48. The summed E-state index contributed by atoms with van der Waals surface area (Å²) in [5.41, 5.74) is 5.04. The van der Waals surface area contributed by atoms with Gasteiger partial charge in [0.1, 0.15) is 9.84 Å². The fourth-order valence-electron chi connectivity index (χ4n) is 1.80. The number of hydrogen-bond donors (Lipinski definition) is 2. The molecule has 1 unspecified atom stereocenters. The van der Waals surface area contributed by atoms with Crippen molar-refractivity contribution in [1.82, 2.24) is 5.43 Å². The molecule has 0 aliphatic carbocycles. The van der Waals surface area contributed by atoms with Crippen LogP contribution in [0.1, 0.15) is 36.9 Å². The van der Waals surface area contributed by atoms with Gasteiger partial charge >= 0.3 is 0 Å². The molecule has 0 aliphatic heterocycles. The Bertz CT molecular complexity index is 454. The first kappa shape index (κ1) is 15.1. The SMILES string of the molecule is CCS(=O)(=O)CCCC(NN)c1ccc(C)cc1. The zero-order valence-corrected chi connectivity index (χ0v) is 11.8. The molecule has 18 heavy (non-hydrogen) atoms. The first-order valence-electron chi connectivity index (χ1n) is 6.21. The Kier molecular flexibility index (Phi) is 5.78. The van der Waals surface area contributed by atoms with Crippen molar-refractivity contribution in [3.63, 3.8) is 0 Å². The van der Waals surface area contributed by atoms with Crippen LogP contribution in [0.3, 0.4) is 0 Å². The molecule has 5 heteroatoms. The van der Waals surface area contributed by atoms with Crippen LogP contribution in [0.5, 0.6) is 0 Å². The molecular weight excluding hydrogens is 248 g/mol. The third kappa shape index (κ3) is 4.76. The Morgan fingerprint density at radius 3 is 2.39 bits per heavy atom. The zero-order valence-electron chi connectivity index (χ0n) is 11.0. The van der Waals surface area contributed by atoms with Crippen molar-refractivity contribution < 1.29 is 8.42 Å². The molecule has 0 heterocycles. The fourth-order valence-corrected chi connectivity index (χ4v) is 2.69. The van der Waals surface area contributed by atoms with Crippen molar-refractivity contribution in [3.05, 3.63) is 35.4 Å². The van der Waals surface area contributed by atoms with Gasteiger partial charge in [-0.2, -0.15) is 0 Å². The summed E-state index contributed by atoms with van der Waals surface area (Å²) in [6.07, 6.45) is 1.34. The highest BCUT2D eigenvalue weighted by molar-refractivity contribution is 7.91. The van der Waals surface area contributed by atoms with Crippen molar-refractivity contribution in [3.8, 4) is 0 Å². The van der Waals surface area contributed by atoms with Gasteiger partial charge in [-0.1, -0.05) is 36.8 Å². The molecule has 3 N–H and O–H groups in total. The molecule has 4 nitrogen and oxygen atoms in total. The van der Waals surface area contributed by atoms with E-state index in [2.05, 4.69) is 5.43 Å². The summed E-state index contributed by atoms with van der Waals surface area (Å²) >= 11 is 0. The molecule has 102 valence electrons. The van der Waals surface area contributed by atoms with Crippen LogP contribution in [-0.4, -0.2) is 19.9 Å². The van der Waals surface area contributed by atoms with E-state index in [9.17, 15) is 8.42 Å². The van der Waals surface area contributed by atoms with Gasteiger partial charge in [-0.3, -0.25) is 11.3 Å². The van der Waals surface area contributed by atoms with Crippen molar-refractivity contribution >= 4 is 9.84 Å². The lowest BCUT2D eigenvalue weighted by Gasteiger charge is -2.16. The van der Waals surface area contributed by atoms with E-state index in [-0.39, 0.29) is 17.5 Å². The summed E-state index contributed by atoms with van der Waals surface area (Å²) in [5.74, 6) is 5.96. The van der Waals surface area contributed by atoms with Crippen molar-refractivity contribution in [2.75, 3.05) is 11.5 Å². The summed E-state index contributed by atoms with van der Waals surface area (Å²) in [5, 5.41) is 0. The molecular formula is C13H22N2O2S. The van der Waals surface area contributed by atoms with Crippen molar-refractivity contribution in [2.45, 2.75) is 32.7 Å². The van der Waals surface area contributed by atoms with Gasteiger partial charge in [0.15, 0.2) is 0 Å². The lowest BCUT2D eigenvalue weighted by atomic mass is 10.0. The topological polar surface area (TPSA) is 72.2 Å². The highest BCUT2D eigenvalue weighted by Crippen LogP contribution is 2.18. The zero-order chi connectivity index (χ0) is 13.6. The number of nitrogens with two attached hydrogens (primary N) is 1. The van der Waals surface area contributed by atoms with Gasteiger partial charge in [0.2, 0.25) is 0 Å². The van der Waals surface area contributed by atoms with Crippen LogP contribution in [0.4, 0.5) is 0 Å². The van der Waals surface area contributed by atoms with E-state index >= 15 is 0 Å². The largest absolute Gasteiger partial charge is 0.271 e. The smallest absolute Gasteiger partial charge is 0.150 e. The molecule has 0 saturated heterocycles. The minimum Gasteiger partial charge on any atom is -0.271 e. The summed E-state index contributed by atoms with van der Waals surface area (Å²) in [4.78, 5) is 0. The predicted octanol–water partition coefficient (Wildman–Crippen LogP) is 1.71. The quantitative estimate of drug-likeness (QED) is 0.584. The molecule has 0 amide bonds. The van der Waals surface area contributed by atoms with Crippen LogP contribution in [-0.2, 0) is 9.84 Å². The van der Waals surface area contributed by atoms with E-state index in [0.29, 0.717) is 6.42 Å². The van der Waals surface area contributed by atoms with Crippen LogP contribution in [0, 0.1) is 6.92 Å². The number of nitrogens with one attached hydrogen (secondary N) is 1. The summed E-state index contributed by atoms with van der Waals surface area (Å²) in [6, 6.07) is 8.12. The molecule has 1 atom stereocenters. The average molecular weight is 270 g/mol. The number of aryl methyl sites for hydroxylation is 1. The normalized spacial score (nSPS) is 13.5. The third-order valence-electron chi connectivity index (χ3n) is 3.07. The lowest BCUT2D eigenvalue weighted by molar-refractivity contribution is 0.507. The maximum atomic E-state index is 11.4. The Hall–Kier alpha value is -0.910. The summed E-state index contributed by atoms with van der Waals surface area (Å²) in [7, 11) is -2.88. The summed E-state index contributed by atoms with van der Waals surface area (Å²) in [6.45, 7) is 3.70. The number of sulfone groups is 1. The second-order valence-electron chi connectivity index (χ2n) is 4.51. The third-order valence-corrected chi connectivity index (χ3v) is 4.86. The fraction of sp³-hybridized carbons (Fsp3) is 0.538. The molecule has 1 rings (SSSR count). The number of rotatable bonds is 7. The van der Waals surface area contributed by atoms with Gasteiger partial charge in [-0.25, -0.2) is 8.42 Å². The van der Waals surface area contributed by atoms with Gasteiger partial charge in [0.05, 0.1) is 5.75 Å². The van der Waals surface area contributed by atoms with Gasteiger partial charge in [0, 0.05) is 11.8 Å². The molecule has 0 bridgehead atoms. The maximum Gasteiger partial charge on any atom is 0.150 e. The van der Waals surface area contributed by atoms with E-state index in [1.165, 1.54) is 5.56 Å². The van der Waals surface area contributed by atoms with Crippen LogP contribution in [0.25, 0.3) is 0 Å². The Morgan fingerprint density at radius 1 is 1.28 bits per heavy atom. The number of hydrogen-bond acceptors (Lipinski definition) is 4. The maximum absolute atomic E-state index is 11.4. The standard InChI is InChI=1S/C13H22N2O2S/c1-3-18(16,17)10-4-5-13(15-14)12-8-6-11(2)7-9-12/h6-9,13,15H,3-5,10,14H2,1-2H3. The Morgan fingerprint density at radius 2 is 1.89 bits per heavy atom. The van der Waals surface area contributed by atoms with Gasteiger partial charge < -0.3 is 0 Å². The minimum atomic E-state index is -2.88. The van der Waals surface area contributed by atoms with Crippen LogP contribution < -0.4 is 11.3 Å². The van der Waals surface area contributed by atoms with E-state index in [4.69, 9.17) is 5.84 Å². The van der Waals surface area contributed by atoms with Gasteiger partial charge in [-0.05, 0) is 25.3 Å². The van der Waals surface area contributed by atoms with E-state index in [0.717, 1.165) is 12.0 Å². The number of hydrazine groups is 1. The Labute approximate surface area is 109 Å². The minimum absolute atomic E-state index is 0.0117. The second kappa shape index (κ2) is 6.87. The molecule has 1 aromatic carbocycles. The molecule has 0 aromatic heterocycles. The highest BCUT2D eigenvalue weighted by atomic mass is 32.2. The van der Waals surface area contributed by atoms with E-state index < -0.39 is 9.84 Å². The Balaban J connectivity index is 2.55. The van der Waals surface area contributed by atoms with Crippen molar-refractivity contribution in [2.24, 2.45) is 5.84 Å². The molecule has 0 saturated carbocycles. The number of benzene rings is 1. The monoisotopic (exact) mass is 270 g/mol. The van der Waals surface area contributed by atoms with E-state index in [1.807, 2.05) is 31.2 Å². The highest BCUT2D eigenvalue weighted by Gasteiger charge is 2.12.